The number of benzene rings is 7. The Balaban J connectivity index is 1.22. The molecule has 1 nitrogen and oxygen atoms in total. The maximum atomic E-state index is 3.80. The predicted molar refractivity (Wildman–Crippen MR) is 253 cm³/mol. The molecule has 1 atom stereocenters. The Labute approximate surface area is 347 Å². The summed E-state index contributed by atoms with van der Waals surface area (Å²) in [6, 6.07) is 62.0. The molecule has 0 radical (unpaired) electrons. The number of nitrogens with zero attached hydrogens (tertiary/aromatic N) is 1. The van der Waals surface area contributed by atoms with Crippen LogP contribution in [0.4, 0.5) is 11.4 Å². The molecule has 2 heteroatoms. The first-order valence-electron chi connectivity index (χ1n) is 19.9. The molecule has 1 heterocycles. The molecule has 7 aromatic carbocycles. The van der Waals surface area contributed by atoms with Crippen molar-refractivity contribution in [1.82, 2.24) is 0 Å². The number of fused-ring (bicyclic) bond motifs is 3. The molecule has 1 unspecified atom stereocenters. The molecule has 0 amide bonds. The Bertz CT molecular complexity index is 2800. The van der Waals surface area contributed by atoms with Gasteiger partial charge in [0.1, 0.15) is 0 Å². The molecule has 58 heavy (non-hydrogen) atoms. The third kappa shape index (κ3) is 7.31. The summed E-state index contributed by atoms with van der Waals surface area (Å²) >= 11 is 1.90. The monoisotopic (exact) mass is 765 g/mol. The fourth-order valence-corrected chi connectivity index (χ4v) is 9.55. The van der Waals surface area contributed by atoms with Crippen molar-refractivity contribution < 1.29 is 0 Å². The Kier molecular flexibility index (Phi) is 11.3. The van der Waals surface area contributed by atoms with E-state index in [2.05, 4.69) is 239 Å². The van der Waals surface area contributed by atoms with Gasteiger partial charge >= 0.3 is 0 Å². The highest BCUT2D eigenvalue weighted by Crippen LogP contribution is 2.50. The summed E-state index contributed by atoms with van der Waals surface area (Å²) in [5.41, 5.74) is 12.7. The van der Waals surface area contributed by atoms with Gasteiger partial charge in [-0.05, 0) is 107 Å². The summed E-state index contributed by atoms with van der Waals surface area (Å²) in [5, 5.41) is 2.64. The zero-order chi connectivity index (χ0) is 39.9. The van der Waals surface area contributed by atoms with Crippen molar-refractivity contribution in [1.29, 1.82) is 0 Å². The van der Waals surface area contributed by atoms with Crippen molar-refractivity contribution in [2.75, 3.05) is 4.90 Å². The van der Waals surface area contributed by atoms with Gasteiger partial charge in [0.05, 0.1) is 5.41 Å². The molecule has 0 N–H and O–H groups in total. The molecule has 0 aliphatic carbocycles. The average molecular weight is 766 g/mol. The van der Waals surface area contributed by atoms with E-state index >= 15 is 0 Å². The summed E-state index contributed by atoms with van der Waals surface area (Å²) in [7, 11) is 0. The molecule has 0 saturated heterocycles. The lowest BCUT2D eigenvalue weighted by Crippen LogP contribution is -2.32. The van der Waals surface area contributed by atoms with E-state index in [0.29, 0.717) is 0 Å². The molecule has 8 aromatic rings. The maximum absolute atomic E-state index is 3.80. The first-order chi connectivity index (χ1) is 28.5. The third-order valence-electron chi connectivity index (χ3n) is 11.2. The summed E-state index contributed by atoms with van der Waals surface area (Å²) in [6.45, 7) is 10.4. The smallest absolute Gasteiger partial charge is 0.0707 e. The van der Waals surface area contributed by atoms with E-state index in [-0.39, 0.29) is 0 Å². The quantitative estimate of drug-likeness (QED) is 0.0884. The van der Waals surface area contributed by atoms with Gasteiger partial charge in [-0.1, -0.05) is 183 Å². The Hall–Kier alpha value is -6.74. The molecule has 282 valence electrons. The zero-order valence-electron chi connectivity index (χ0n) is 33.3. The summed E-state index contributed by atoms with van der Waals surface area (Å²) < 4.78 is 2.66. The van der Waals surface area contributed by atoms with Crippen LogP contribution in [0.1, 0.15) is 51.4 Å². The maximum Gasteiger partial charge on any atom is 0.0707 e. The van der Waals surface area contributed by atoms with E-state index in [9.17, 15) is 0 Å². The van der Waals surface area contributed by atoms with E-state index in [1.807, 2.05) is 17.4 Å². The highest BCUT2D eigenvalue weighted by molar-refractivity contribution is 7.26. The topological polar surface area (TPSA) is 3.24 Å². The Morgan fingerprint density at radius 2 is 1.24 bits per heavy atom. The van der Waals surface area contributed by atoms with Crippen LogP contribution in [0.15, 0.2) is 219 Å². The van der Waals surface area contributed by atoms with E-state index in [1.165, 1.54) is 64.7 Å². The van der Waals surface area contributed by atoms with Gasteiger partial charge in [-0.2, -0.15) is 0 Å². The van der Waals surface area contributed by atoms with E-state index < -0.39 is 5.41 Å². The molecular formula is C56H47NS. The van der Waals surface area contributed by atoms with Gasteiger partial charge in [0.2, 0.25) is 0 Å². The van der Waals surface area contributed by atoms with Crippen LogP contribution in [-0.4, -0.2) is 0 Å². The van der Waals surface area contributed by atoms with Crippen molar-refractivity contribution in [3.63, 3.8) is 0 Å². The highest BCUT2D eigenvalue weighted by atomic mass is 32.1. The number of anilines is 2. The molecule has 1 aromatic heterocycles. The fraction of sp³-hybridized carbons (Fsp3) is 0.0714. The molecule has 0 saturated carbocycles. The predicted octanol–water partition coefficient (Wildman–Crippen LogP) is 15.6. The molecule has 8 rings (SSSR count). The minimum atomic E-state index is -0.569. The average Bonchev–Trinajstić information content (AvgIpc) is 3.66. The lowest BCUT2D eigenvalue weighted by atomic mass is 9.63. The molecule has 0 fully saturated rings. The van der Waals surface area contributed by atoms with Crippen LogP contribution in [-0.2, 0) is 5.41 Å². The van der Waals surface area contributed by atoms with Gasteiger partial charge < -0.3 is 4.90 Å². The number of para-hydroxylation sites is 1. The number of hydrogen-bond donors (Lipinski definition) is 0. The van der Waals surface area contributed by atoms with E-state index in [0.717, 1.165) is 16.9 Å². The van der Waals surface area contributed by atoms with Crippen molar-refractivity contribution in [2.45, 2.75) is 26.2 Å². The van der Waals surface area contributed by atoms with Gasteiger partial charge in [0.15, 0.2) is 0 Å². The standard InChI is InChI=1S/C56H47NS/c1-5-7-22-44(6-2)45-32-30-43(31-33-45)21-18-19-40-57(48-25-12-9-13-26-48)49-36-34-47(35-37-49)56(46-23-10-8-11-24-46,52-28-16-14-20-41(52)3)53-39-38-51-50-27-15-17-29-54(50)58-55(51)42(53)4/h5-40H,1H2,2-4H3/b21-18+,22-7-,40-19+,44-6+. The highest BCUT2D eigenvalue weighted by Gasteiger charge is 2.41. The van der Waals surface area contributed by atoms with Crippen molar-refractivity contribution >= 4 is 54.5 Å². The van der Waals surface area contributed by atoms with Crippen molar-refractivity contribution in [3.05, 3.63) is 264 Å². The largest absolute Gasteiger partial charge is 0.317 e. The fourth-order valence-electron chi connectivity index (χ4n) is 8.35. The van der Waals surface area contributed by atoms with Gasteiger partial charge in [-0.15, -0.1) is 11.3 Å². The second kappa shape index (κ2) is 17.2. The minimum absolute atomic E-state index is 0.569. The molecule has 0 aliphatic heterocycles. The number of aryl methyl sites for hydroxylation is 2. The van der Waals surface area contributed by atoms with Crippen molar-refractivity contribution in [2.24, 2.45) is 0 Å². The molecular weight excluding hydrogens is 719 g/mol. The summed E-state index contributed by atoms with van der Waals surface area (Å²) in [5.74, 6) is 0. The van der Waals surface area contributed by atoms with Gasteiger partial charge in [-0.25, -0.2) is 0 Å². The van der Waals surface area contributed by atoms with Crippen molar-refractivity contribution in [3.8, 4) is 0 Å². The van der Waals surface area contributed by atoms with Crippen LogP contribution in [0.5, 0.6) is 0 Å². The molecule has 0 aliphatic rings. The summed E-state index contributed by atoms with van der Waals surface area (Å²) in [6.07, 6.45) is 16.5. The minimum Gasteiger partial charge on any atom is -0.317 e. The van der Waals surface area contributed by atoms with Crippen LogP contribution in [0.25, 0.3) is 31.8 Å². The van der Waals surface area contributed by atoms with Crippen LogP contribution in [0.3, 0.4) is 0 Å². The van der Waals surface area contributed by atoms with E-state index in [1.54, 1.807) is 6.08 Å². The second-order valence-corrected chi connectivity index (χ2v) is 15.6. The lowest BCUT2D eigenvalue weighted by Gasteiger charge is -2.39. The normalized spacial score (nSPS) is 13.2. The number of hydrogen-bond acceptors (Lipinski definition) is 2. The Morgan fingerprint density at radius 3 is 1.97 bits per heavy atom. The van der Waals surface area contributed by atoms with Gasteiger partial charge in [0, 0.05) is 37.7 Å². The van der Waals surface area contributed by atoms with Crippen LogP contribution >= 0.6 is 11.3 Å². The lowest BCUT2D eigenvalue weighted by molar-refractivity contribution is 0.734. The Morgan fingerprint density at radius 1 is 0.586 bits per heavy atom. The second-order valence-electron chi connectivity index (χ2n) is 14.6. The first kappa shape index (κ1) is 38.1. The van der Waals surface area contributed by atoms with Crippen LogP contribution in [0.2, 0.25) is 0 Å². The summed E-state index contributed by atoms with van der Waals surface area (Å²) in [4.78, 5) is 2.26. The SMILES string of the molecule is C=C/C=C\C(=C/C)c1ccc(/C=C/C=C/N(c2ccccc2)c2ccc(C(c3ccccc3)(c3ccccc3C)c3ccc4c(sc5ccccc54)c3C)cc2)cc1. The first-order valence-corrected chi connectivity index (χ1v) is 20.7. The molecule has 0 spiro atoms. The van der Waals surface area contributed by atoms with E-state index in [4.69, 9.17) is 0 Å². The van der Waals surface area contributed by atoms with Gasteiger partial charge in [0.25, 0.3) is 0 Å². The van der Waals surface area contributed by atoms with Crippen LogP contribution < -0.4 is 4.90 Å². The number of thiophene rings is 1. The number of allylic oxidation sites excluding steroid dienone is 7. The number of rotatable bonds is 12. The van der Waals surface area contributed by atoms with Gasteiger partial charge in [-0.3, -0.25) is 0 Å². The zero-order valence-corrected chi connectivity index (χ0v) is 34.2. The molecule has 0 bridgehead atoms. The third-order valence-corrected chi connectivity index (χ3v) is 12.5. The van der Waals surface area contributed by atoms with Crippen LogP contribution in [0, 0.1) is 13.8 Å².